The van der Waals surface area contributed by atoms with Crippen LogP contribution in [-0.2, 0) is 14.4 Å². The van der Waals surface area contributed by atoms with Crippen LogP contribution in [0.2, 0.25) is 0 Å². The number of nitriles is 1. The molecule has 0 aromatic heterocycles. The highest BCUT2D eigenvalue weighted by atomic mass is 32.2. The van der Waals surface area contributed by atoms with Crippen molar-refractivity contribution in [1.82, 2.24) is 10.6 Å². The maximum absolute atomic E-state index is 12.3. The van der Waals surface area contributed by atoms with Crippen molar-refractivity contribution >= 4 is 29.4 Å². The van der Waals surface area contributed by atoms with Gasteiger partial charge in [0.25, 0.3) is 0 Å². The standard InChI is InChI=1S/C16H22F3N3O3S/c17-16(18,19)13(23)10-26-9-3-6-12(22-14(24)7-8-20)15(25)21-11-4-1-2-5-11/h11-12H,1-7,9-10H2,(H,21,25)(H,22,24)/t12-/m0/s1. The van der Waals surface area contributed by atoms with Gasteiger partial charge in [-0.1, -0.05) is 12.8 Å². The number of carbonyl (C=O) groups is 3. The number of halogens is 3. The molecule has 2 N–H and O–H groups in total. The van der Waals surface area contributed by atoms with E-state index in [1.165, 1.54) is 0 Å². The van der Waals surface area contributed by atoms with Gasteiger partial charge in [0.1, 0.15) is 12.5 Å². The molecule has 1 aliphatic carbocycles. The molecule has 2 amide bonds. The summed E-state index contributed by atoms with van der Waals surface area (Å²) in [6, 6.07) is 0.925. The zero-order chi connectivity index (χ0) is 19.6. The number of ketones is 1. The molecule has 26 heavy (non-hydrogen) atoms. The molecule has 0 aliphatic heterocycles. The minimum absolute atomic E-state index is 0.0663. The number of Topliss-reactive ketones (excluding diaryl/α,β-unsaturated/α-hetero) is 1. The topological polar surface area (TPSA) is 99.1 Å². The third-order valence-electron chi connectivity index (χ3n) is 3.92. The van der Waals surface area contributed by atoms with E-state index in [0.29, 0.717) is 6.42 Å². The van der Waals surface area contributed by atoms with Gasteiger partial charge in [0, 0.05) is 6.04 Å². The van der Waals surface area contributed by atoms with E-state index in [0.717, 1.165) is 37.4 Å². The Morgan fingerprint density at radius 3 is 2.46 bits per heavy atom. The second-order valence-corrected chi connectivity index (χ2v) is 7.17. The maximum atomic E-state index is 12.3. The molecule has 0 bridgehead atoms. The normalized spacial score (nSPS) is 15.9. The fraction of sp³-hybridized carbons (Fsp3) is 0.750. The van der Waals surface area contributed by atoms with Crippen molar-refractivity contribution in [3.63, 3.8) is 0 Å². The molecule has 1 saturated carbocycles. The second kappa shape index (κ2) is 11.1. The van der Waals surface area contributed by atoms with E-state index < -0.39 is 29.7 Å². The van der Waals surface area contributed by atoms with Crippen LogP contribution in [0.15, 0.2) is 0 Å². The first-order valence-electron chi connectivity index (χ1n) is 8.38. The number of alkyl halides is 3. The lowest BCUT2D eigenvalue weighted by molar-refractivity contribution is -0.167. The number of amides is 2. The van der Waals surface area contributed by atoms with Crippen LogP contribution in [0.1, 0.15) is 44.9 Å². The van der Waals surface area contributed by atoms with Gasteiger partial charge in [-0.2, -0.15) is 30.2 Å². The van der Waals surface area contributed by atoms with E-state index >= 15 is 0 Å². The number of carbonyl (C=O) groups excluding carboxylic acids is 3. The molecule has 0 spiro atoms. The van der Waals surface area contributed by atoms with Crippen LogP contribution in [0, 0.1) is 11.3 Å². The van der Waals surface area contributed by atoms with Crippen molar-refractivity contribution in [3.05, 3.63) is 0 Å². The highest BCUT2D eigenvalue weighted by molar-refractivity contribution is 7.99. The third kappa shape index (κ3) is 8.56. The van der Waals surface area contributed by atoms with Gasteiger partial charge in [-0.15, -0.1) is 0 Å². The van der Waals surface area contributed by atoms with Crippen molar-refractivity contribution < 1.29 is 27.6 Å². The quantitative estimate of drug-likeness (QED) is 0.554. The smallest absolute Gasteiger partial charge is 0.352 e. The Kier molecular flexibility index (Phi) is 9.48. The molecule has 0 aromatic carbocycles. The third-order valence-corrected chi connectivity index (χ3v) is 4.97. The Balaban J connectivity index is 2.43. The van der Waals surface area contributed by atoms with Crippen LogP contribution in [0.25, 0.3) is 0 Å². The molecule has 6 nitrogen and oxygen atoms in total. The summed E-state index contributed by atoms with van der Waals surface area (Å²) in [5, 5.41) is 13.9. The zero-order valence-electron chi connectivity index (χ0n) is 14.2. The van der Waals surface area contributed by atoms with Crippen LogP contribution < -0.4 is 10.6 Å². The van der Waals surface area contributed by atoms with Crippen LogP contribution >= 0.6 is 11.8 Å². The van der Waals surface area contributed by atoms with Crippen molar-refractivity contribution in [2.24, 2.45) is 0 Å². The molecular weight excluding hydrogens is 371 g/mol. The monoisotopic (exact) mass is 393 g/mol. The summed E-state index contributed by atoms with van der Waals surface area (Å²) in [5.74, 6) is -3.12. The molecule has 0 heterocycles. The lowest BCUT2D eigenvalue weighted by Crippen LogP contribution is -2.49. The maximum Gasteiger partial charge on any atom is 0.450 e. The molecule has 10 heteroatoms. The van der Waals surface area contributed by atoms with Crippen molar-refractivity contribution in [1.29, 1.82) is 5.26 Å². The van der Waals surface area contributed by atoms with E-state index in [1.807, 2.05) is 0 Å². The number of rotatable bonds is 10. The largest absolute Gasteiger partial charge is 0.450 e. The molecule has 1 fully saturated rings. The van der Waals surface area contributed by atoms with E-state index in [9.17, 15) is 27.6 Å². The summed E-state index contributed by atoms with van der Waals surface area (Å²) in [4.78, 5) is 34.7. The molecular formula is C16H22F3N3O3S. The number of nitrogens with zero attached hydrogens (tertiary/aromatic N) is 1. The number of nitrogens with one attached hydrogen (secondary N) is 2. The number of thioether (sulfide) groups is 1. The predicted octanol–water partition coefficient (Wildman–Crippen LogP) is 2.09. The fourth-order valence-electron chi connectivity index (χ4n) is 2.59. The fourth-order valence-corrected chi connectivity index (χ4v) is 3.46. The molecule has 0 saturated heterocycles. The first-order valence-corrected chi connectivity index (χ1v) is 9.54. The molecule has 1 atom stereocenters. The molecule has 0 unspecified atom stereocenters. The molecule has 1 aliphatic rings. The van der Waals surface area contributed by atoms with Gasteiger partial charge in [-0.25, -0.2) is 0 Å². The second-order valence-electron chi connectivity index (χ2n) is 6.06. The van der Waals surface area contributed by atoms with Gasteiger partial charge < -0.3 is 10.6 Å². The number of hydrogen-bond donors (Lipinski definition) is 2. The summed E-state index contributed by atoms with van der Waals surface area (Å²) < 4.78 is 36.3. The Bertz CT molecular complexity index is 543. The molecule has 1 rings (SSSR count). The Morgan fingerprint density at radius 2 is 1.88 bits per heavy atom. The number of hydrogen-bond acceptors (Lipinski definition) is 5. The van der Waals surface area contributed by atoms with Crippen molar-refractivity contribution in [2.75, 3.05) is 11.5 Å². The first-order chi connectivity index (χ1) is 12.2. The van der Waals surface area contributed by atoms with Crippen molar-refractivity contribution in [3.8, 4) is 6.07 Å². The lowest BCUT2D eigenvalue weighted by atomic mass is 10.1. The summed E-state index contributed by atoms with van der Waals surface area (Å²) in [6.45, 7) is 0. The Labute approximate surface area is 154 Å². The summed E-state index contributed by atoms with van der Waals surface area (Å²) in [5.41, 5.74) is 0. The van der Waals surface area contributed by atoms with E-state index in [-0.39, 0.29) is 30.5 Å². The molecule has 146 valence electrons. The Hall–Kier alpha value is -1.76. The highest BCUT2D eigenvalue weighted by Gasteiger charge is 2.37. The molecule has 0 radical (unpaired) electrons. The summed E-state index contributed by atoms with van der Waals surface area (Å²) >= 11 is 0.838. The SMILES string of the molecule is N#CCC(=O)N[C@@H](CCCSCC(=O)C(F)(F)F)C(=O)NC1CCCC1. The van der Waals surface area contributed by atoms with Gasteiger partial charge in [0.2, 0.25) is 17.6 Å². The highest BCUT2D eigenvalue weighted by Crippen LogP contribution is 2.20. The van der Waals surface area contributed by atoms with E-state index in [4.69, 9.17) is 5.26 Å². The van der Waals surface area contributed by atoms with Gasteiger partial charge in [-0.3, -0.25) is 14.4 Å². The van der Waals surface area contributed by atoms with E-state index in [2.05, 4.69) is 10.6 Å². The Morgan fingerprint density at radius 1 is 1.23 bits per heavy atom. The van der Waals surface area contributed by atoms with E-state index in [1.54, 1.807) is 6.07 Å². The van der Waals surface area contributed by atoms with Crippen molar-refractivity contribution in [2.45, 2.75) is 63.2 Å². The van der Waals surface area contributed by atoms with Crippen LogP contribution in [0.4, 0.5) is 13.2 Å². The summed E-state index contributed by atoms with van der Waals surface area (Å²) in [6.07, 6.45) is -0.821. The molecule has 0 aromatic rings. The zero-order valence-corrected chi connectivity index (χ0v) is 15.0. The van der Waals surface area contributed by atoms with Crippen LogP contribution in [0.5, 0.6) is 0 Å². The first kappa shape index (κ1) is 22.3. The minimum Gasteiger partial charge on any atom is -0.352 e. The lowest BCUT2D eigenvalue weighted by Gasteiger charge is -2.20. The van der Waals surface area contributed by atoms with Gasteiger partial charge in [0.05, 0.1) is 11.8 Å². The average molecular weight is 393 g/mol. The minimum atomic E-state index is -4.83. The van der Waals surface area contributed by atoms with Gasteiger partial charge in [0.15, 0.2) is 0 Å². The van der Waals surface area contributed by atoms with Crippen LogP contribution in [-0.4, -0.2) is 47.4 Å². The summed E-state index contributed by atoms with van der Waals surface area (Å²) in [7, 11) is 0. The van der Waals surface area contributed by atoms with Gasteiger partial charge >= 0.3 is 6.18 Å². The van der Waals surface area contributed by atoms with Crippen LogP contribution in [0.3, 0.4) is 0 Å². The average Bonchev–Trinajstić information content (AvgIpc) is 3.05. The van der Waals surface area contributed by atoms with Gasteiger partial charge in [-0.05, 0) is 31.4 Å². The predicted molar refractivity (Wildman–Crippen MR) is 90.2 cm³/mol.